The minimum absolute atomic E-state index is 0.0490. The molecule has 0 saturated carbocycles. The molecule has 0 aromatic carbocycles. The van der Waals surface area contributed by atoms with Gasteiger partial charge >= 0.3 is 17.8 Å². The van der Waals surface area contributed by atoms with Crippen LogP contribution in [-0.2, 0) is 25.5 Å². The fraction of sp³-hybridized carbons (Fsp3) is 0.684. The number of nitrogens with one attached hydrogen (secondary N) is 2. The Morgan fingerprint density at radius 1 is 1.24 bits per heavy atom. The van der Waals surface area contributed by atoms with Crippen molar-refractivity contribution in [1.82, 2.24) is 14.9 Å². The molecule has 0 aliphatic rings. The number of aryl methyl sites for hydroxylation is 1. The number of hydrogen-bond donors (Lipinski definition) is 2. The van der Waals surface area contributed by atoms with Gasteiger partial charge in [0.2, 0.25) is 0 Å². The van der Waals surface area contributed by atoms with E-state index in [1.54, 1.807) is 34.6 Å². The highest BCUT2D eigenvalue weighted by Gasteiger charge is 2.28. The van der Waals surface area contributed by atoms with Gasteiger partial charge in [0.25, 0.3) is 5.56 Å². The Hall–Kier alpha value is -2.62. The summed E-state index contributed by atoms with van der Waals surface area (Å²) in [5.74, 6) is -0.815. The quantitative estimate of drug-likeness (QED) is 0.579. The fourth-order valence-corrected chi connectivity index (χ4v) is 2.37. The summed E-state index contributed by atoms with van der Waals surface area (Å²) in [4.78, 5) is 49.4. The number of rotatable bonds is 9. The molecule has 0 aliphatic carbocycles. The van der Waals surface area contributed by atoms with Crippen LogP contribution in [-0.4, -0.2) is 53.1 Å². The number of amides is 1. The van der Waals surface area contributed by atoms with E-state index in [2.05, 4.69) is 10.3 Å². The van der Waals surface area contributed by atoms with Crippen molar-refractivity contribution in [1.29, 1.82) is 0 Å². The molecule has 10 nitrogen and oxygen atoms in total. The third kappa shape index (κ3) is 8.95. The van der Waals surface area contributed by atoms with Gasteiger partial charge in [0.15, 0.2) is 0 Å². The van der Waals surface area contributed by atoms with Gasteiger partial charge < -0.3 is 24.1 Å². The Morgan fingerprint density at radius 2 is 1.90 bits per heavy atom. The highest BCUT2D eigenvalue weighted by molar-refractivity contribution is 5.81. The number of hydrogen-bond acceptors (Lipinski definition) is 7. The van der Waals surface area contributed by atoms with E-state index in [0.717, 1.165) is 0 Å². The predicted octanol–water partition coefficient (Wildman–Crippen LogP) is 1.03. The number of nitrogens with zero attached hydrogens (tertiary/aromatic N) is 1. The minimum atomic E-state index is -0.871. The number of alkyl carbamates (subject to hydrolysis) is 1. The second-order valence-electron chi connectivity index (χ2n) is 7.95. The summed E-state index contributed by atoms with van der Waals surface area (Å²) in [7, 11) is 1.47. The first-order valence-corrected chi connectivity index (χ1v) is 9.41. The van der Waals surface area contributed by atoms with E-state index >= 15 is 0 Å². The number of carbonyl (C=O) groups excluding carboxylic acids is 2. The van der Waals surface area contributed by atoms with E-state index in [-0.39, 0.29) is 19.1 Å². The monoisotopic (exact) mass is 413 g/mol. The molecule has 0 saturated heterocycles. The smallest absolute Gasteiger partial charge is 0.408 e. The number of aromatic amines is 1. The Balaban J connectivity index is 2.61. The molecule has 1 rings (SSSR count). The topological polar surface area (TPSA) is 129 Å². The van der Waals surface area contributed by atoms with Crippen molar-refractivity contribution in [3.8, 4) is 0 Å². The SMILES string of the molecule is COC(CCn1ccc(=O)[nH]c1=O)COC(=O)C(NC(=O)OC(C)(C)C)C(C)C. The fourth-order valence-electron chi connectivity index (χ4n) is 2.37. The van der Waals surface area contributed by atoms with Crippen LogP contribution >= 0.6 is 0 Å². The van der Waals surface area contributed by atoms with E-state index in [1.807, 2.05) is 0 Å². The lowest BCUT2D eigenvalue weighted by Gasteiger charge is -2.25. The van der Waals surface area contributed by atoms with Crippen molar-refractivity contribution in [3.05, 3.63) is 33.1 Å². The first kappa shape index (κ1) is 24.4. The van der Waals surface area contributed by atoms with Crippen LogP contribution in [0.2, 0.25) is 0 Å². The first-order chi connectivity index (χ1) is 13.4. The van der Waals surface area contributed by atoms with E-state index in [0.29, 0.717) is 6.42 Å². The molecule has 2 atom stereocenters. The van der Waals surface area contributed by atoms with Crippen LogP contribution in [0.4, 0.5) is 4.79 Å². The average molecular weight is 413 g/mol. The van der Waals surface area contributed by atoms with E-state index in [4.69, 9.17) is 14.2 Å². The summed E-state index contributed by atoms with van der Waals surface area (Å²) in [5.41, 5.74) is -1.68. The molecule has 1 amide bonds. The van der Waals surface area contributed by atoms with Crippen molar-refractivity contribution in [2.45, 2.75) is 65.3 Å². The van der Waals surface area contributed by atoms with Crippen molar-refractivity contribution < 1.29 is 23.8 Å². The van der Waals surface area contributed by atoms with E-state index in [9.17, 15) is 19.2 Å². The van der Waals surface area contributed by atoms with Gasteiger partial charge in [-0.15, -0.1) is 0 Å². The maximum absolute atomic E-state index is 12.4. The number of esters is 1. The number of H-pyrrole nitrogens is 1. The summed E-state index contributed by atoms with van der Waals surface area (Å²) in [6, 6.07) is 0.378. The summed E-state index contributed by atoms with van der Waals surface area (Å²) in [6.07, 6.45) is 0.599. The summed E-state index contributed by atoms with van der Waals surface area (Å²) in [6.45, 7) is 8.96. The molecule has 10 heteroatoms. The molecule has 0 radical (unpaired) electrons. The Morgan fingerprint density at radius 3 is 2.41 bits per heavy atom. The van der Waals surface area contributed by atoms with Crippen molar-refractivity contribution in [2.75, 3.05) is 13.7 Å². The van der Waals surface area contributed by atoms with E-state index in [1.165, 1.54) is 23.9 Å². The Kier molecular flexibility index (Phi) is 9.09. The second-order valence-corrected chi connectivity index (χ2v) is 7.95. The lowest BCUT2D eigenvalue weighted by Crippen LogP contribution is -2.47. The highest BCUT2D eigenvalue weighted by atomic mass is 16.6. The standard InChI is InChI=1S/C19H31N3O7/c1-12(2)15(21-18(26)29-19(3,4)5)16(24)28-11-13(27-6)7-9-22-10-8-14(23)20-17(22)25/h8,10,12-13,15H,7,9,11H2,1-6H3,(H,21,26)(H,20,23,25). The van der Waals surface area contributed by atoms with Crippen LogP contribution in [0, 0.1) is 5.92 Å². The summed E-state index contributed by atoms with van der Waals surface area (Å²) >= 11 is 0. The molecular formula is C19H31N3O7. The molecular weight excluding hydrogens is 382 g/mol. The molecule has 29 heavy (non-hydrogen) atoms. The van der Waals surface area contributed by atoms with Gasteiger partial charge in [-0.3, -0.25) is 9.78 Å². The summed E-state index contributed by atoms with van der Waals surface area (Å²) < 4.78 is 17.1. The largest absolute Gasteiger partial charge is 0.461 e. The molecule has 0 bridgehead atoms. The van der Waals surface area contributed by atoms with Gasteiger partial charge in [-0.1, -0.05) is 13.8 Å². The lowest BCUT2D eigenvalue weighted by molar-refractivity contribution is -0.151. The third-order valence-corrected chi connectivity index (χ3v) is 3.93. The van der Waals surface area contributed by atoms with Gasteiger partial charge in [-0.05, 0) is 33.1 Å². The zero-order valence-electron chi connectivity index (χ0n) is 17.8. The normalized spacial score (nSPS) is 13.6. The maximum atomic E-state index is 12.4. The van der Waals surface area contributed by atoms with Gasteiger partial charge in [-0.2, -0.15) is 0 Å². The highest BCUT2D eigenvalue weighted by Crippen LogP contribution is 2.10. The van der Waals surface area contributed by atoms with Crippen LogP contribution in [0.15, 0.2) is 21.9 Å². The van der Waals surface area contributed by atoms with E-state index < -0.39 is 41.1 Å². The lowest BCUT2D eigenvalue weighted by atomic mass is 10.1. The predicted molar refractivity (Wildman–Crippen MR) is 106 cm³/mol. The van der Waals surface area contributed by atoms with Crippen LogP contribution in [0.1, 0.15) is 41.0 Å². The molecule has 2 N–H and O–H groups in total. The molecule has 1 heterocycles. The minimum Gasteiger partial charge on any atom is -0.461 e. The van der Waals surface area contributed by atoms with Crippen molar-refractivity contribution >= 4 is 12.1 Å². The zero-order valence-corrected chi connectivity index (χ0v) is 17.8. The number of carbonyl (C=O) groups is 2. The van der Waals surface area contributed by atoms with Crippen LogP contribution in [0.5, 0.6) is 0 Å². The Bertz CT molecular complexity index is 792. The molecule has 0 fully saturated rings. The molecule has 2 unspecified atom stereocenters. The average Bonchev–Trinajstić information content (AvgIpc) is 2.59. The van der Waals surface area contributed by atoms with Crippen LogP contribution < -0.4 is 16.6 Å². The maximum Gasteiger partial charge on any atom is 0.408 e. The molecule has 1 aromatic rings. The molecule has 1 aromatic heterocycles. The third-order valence-electron chi connectivity index (χ3n) is 3.93. The second kappa shape index (κ2) is 10.8. The first-order valence-electron chi connectivity index (χ1n) is 9.41. The van der Waals surface area contributed by atoms with Crippen LogP contribution in [0.3, 0.4) is 0 Å². The number of ether oxygens (including phenoxy) is 3. The van der Waals surface area contributed by atoms with Gasteiger partial charge in [0, 0.05) is 25.9 Å². The Labute approximate surface area is 169 Å². The van der Waals surface area contributed by atoms with Crippen molar-refractivity contribution in [2.24, 2.45) is 5.92 Å². The number of aromatic nitrogens is 2. The molecule has 0 aliphatic heterocycles. The van der Waals surface area contributed by atoms with Crippen LogP contribution in [0.25, 0.3) is 0 Å². The summed E-state index contributed by atoms with van der Waals surface area (Å²) in [5, 5.41) is 2.53. The molecule has 0 spiro atoms. The van der Waals surface area contributed by atoms with Crippen molar-refractivity contribution in [3.63, 3.8) is 0 Å². The van der Waals surface area contributed by atoms with Gasteiger partial charge in [0.1, 0.15) is 18.2 Å². The molecule has 164 valence electrons. The van der Waals surface area contributed by atoms with Gasteiger partial charge in [-0.25, -0.2) is 14.4 Å². The van der Waals surface area contributed by atoms with Gasteiger partial charge in [0.05, 0.1) is 6.10 Å². The zero-order chi connectivity index (χ0) is 22.2. The number of methoxy groups -OCH3 is 1.